The fraction of sp³-hybridized carbons (Fsp3) is 0.231. The van der Waals surface area contributed by atoms with Gasteiger partial charge in [-0.3, -0.25) is 0 Å². The van der Waals surface area contributed by atoms with Crippen LogP contribution in [0.2, 0.25) is 0 Å². The summed E-state index contributed by atoms with van der Waals surface area (Å²) in [5, 5.41) is 2.11. The maximum absolute atomic E-state index is 5.14. The third-order valence-electron chi connectivity index (χ3n) is 2.43. The lowest BCUT2D eigenvalue weighted by Gasteiger charge is -2.08. The van der Waals surface area contributed by atoms with Crippen molar-refractivity contribution in [1.82, 2.24) is 0 Å². The molecule has 1 aromatic carbocycles. The van der Waals surface area contributed by atoms with Crippen LogP contribution in [0.15, 0.2) is 41.8 Å². The van der Waals surface area contributed by atoms with E-state index in [4.69, 9.17) is 4.74 Å². The molecular weight excluding hydrogens is 284 g/mol. The summed E-state index contributed by atoms with van der Waals surface area (Å²) in [6.45, 7) is 0. The molecular formula is C13H13BrOS. The Morgan fingerprint density at radius 1 is 1.25 bits per heavy atom. The van der Waals surface area contributed by atoms with E-state index in [1.54, 1.807) is 18.4 Å². The van der Waals surface area contributed by atoms with Gasteiger partial charge in [0.1, 0.15) is 5.75 Å². The second-order valence-electron chi connectivity index (χ2n) is 3.54. The van der Waals surface area contributed by atoms with Gasteiger partial charge in [-0.2, -0.15) is 0 Å². The van der Waals surface area contributed by atoms with E-state index in [0.717, 1.165) is 12.2 Å². The van der Waals surface area contributed by atoms with E-state index in [1.165, 1.54) is 10.4 Å². The smallest absolute Gasteiger partial charge is 0.118 e. The first kappa shape index (κ1) is 11.7. The quantitative estimate of drug-likeness (QED) is 0.758. The molecule has 1 heterocycles. The fourth-order valence-electron chi connectivity index (χ4n) is 1.54. The molecule has 2 aromatic rings. The van der Waals surface area contributed by atoms with Gasteiger partial charge in [-0.15, -0.1) is 11.3 Å². The van der Waals surface area contributed by atoms with Crippen molar-refractivity contribution in [3.8, 4) is 5.75 Å². The average Bonchev–Trinajstić information content (AvgIpc) is 2.83. The van der Waals surface area contributed by atoms with Crippen molar-refractivity contribution in [2.24, 2.45) is 0 Å². The van der Waals surface area contributed by atoms with Crippen LogP contribution in [0.1, 0.15) is 15.3 Å². The Morgan fingerprint density at radius 2 is 2.00 bits per heavy atom. The van der Waals surface area contributed by atoms with Crippen molar-refractivity contribution >= 4 is 27.3 Å². The van der Waals surface area contributed by atoms with Gasteiger partial charge in [0.25, 0.3) is 0 Å². The van der Waals surface area contributed by atoms with E-state index in [0.29, 0.717) is 4.83 Å². The van der Waals surface area contributed by atoms with Gasteiger partial charge < -0.3 is 4.74 Å². The molecule has 2 rings (SSSR count). The molecule has 0 fully saturated rings. The Labute approximate surface area is 108 Å². The zero-order valence-corrected chi connectivity index (χ0v) is 11.4. The third-order valence-corrected chi connectivity index (χ3v) is 4.53. The summed E-state index contributed by atoms with van der Waals surface area (Å²) in [7, 11) is 1.69. The second-order valence-corrected chi connectivity index (χ2v) is 5.62. The third kappa shape index (κ3) is 2.86. The highest BCUT2D eigenvalue weighted by molar-refractivity contribution is 9.09. The molecule has 0 bridgehead atoms. The summed E-state index contributed by atoms with van der Waals surface area (Å²) in [4.78, 5) is 1.77. The SMILES string of the molecule is COc1ccc(CC(Br)c2cccs2)cc1. The molecule has 1 aromatic heterocycles. The lowest BCUT2D eigenvalue weighted by molar-refractivity contribution is 0.414. The molecule has 0 N–H and O–H groups in total. The van der Waals surface area contributed by atoms with Crippen molar-refractivity contribution < 1.29 is 4.74 Å². The first-order valence-corrected chi connectivity index (χ1v) is 6.89. The molecule has 3 heteroatoms. The van der Waals surface area contributed by atoms with E-state index in [-0.39, 0.29) is 0 Å². The van der Waals surface area contributed by atoms with Crippen LogP contribution >= 0.6 is 27.3 Å². The fourth-order valence-corrected chi connectivity index (χ4v) is 3.09. The molecule has 0 saturated heterocycles. The molecule has 0 aliphatic heterocycles. The lowest BCUT2D eigenvalue weighted by Crippen LogP contribution is -1.93. The molecule has 0 amide bonds. The zero-order chi connectivity index (χ0) is 11.4. The molecule has 1 nitrogen and oxygen atoms in total. The maximum atomic E-state index is 5.14. The van der Waals surface area contributed by atoms with Crippen LogP contribution in [0.4, 0.5) is 0 Å². The van der Waals surface area contributed by atoms with Crippen LogP contribution in [0, 0.1) is 0 Å². The molecule has 0 spiro atoms. The summed E-state index contributed by atoms with van der Waals surface area (Å²) in [6, 6.07) is 12.5. The Morgan fingerprint density at radius 3 is 2.56 bits per heavy atom. The van der Waals surface area contributed by atoms with Gasteiger partial charge in [0.2, 0.25) is 0 Å². The second kappa shape index (κ2) is 5.51. The number of thiophene rings is 1. The van der Waals surface area contributed by atoms with E-state index in [2.05, 4.69) is 45.6 Å². The van der Waals surface area contributed by atoms with Crippen molar-refractivity contribution in [2.75, 3.05) is 7.11 Å². The summed E-state index contributed by atoms with van der Waals surface area (Å²) in [6.07, 6.45) is 1.00. The number of alkyl halides is 1. The van der Waals surface area contributed by atoms with Crippen LogP contribution in [-0.2, 0) is 6.42 Å². The minimum absolute atomic E-state index is 0.404. The van der Waals surface area contributed by atoms with E-state index in [1.807, 2.05) is 12.1 Å². The van der Waals surface area contributed by atoms with Gasteiger partial charge in [0, 0.05) is 4.88 Å². The largest absolute Gasteiger partial charge is 0.497 e. The number of halogens is 1. The van der Waals surface area contributed by atoms with Crippen LogP contribution in [0.5, 0.6) is 5.75 Å². The number of hydrogen-bond acceptors (Lipinski definition) is 2. The molecule has 1 unspecified atom stereocenters. The Balaban J connectivity index is 2.03. The highest BCUT2D eigenvalue weighted by Gasteiger charge is 2.09. The van der Waals surface area contributed by atoms with Gasteiger partial charge in [0.15, 0.2) is 0 Å². The zero-order valence-electron chi connectivity index (χ0n) is 9.02. The minimum atomic E-state index is 0.404. The summed E-state index contributed by atoms with van der Waals surface area (Å²) < 4.78 is 5.14. The minimum Gasteiger partial charge on any atom is -0.497 e. The molecule has 16 heavy (non-hydrogen) atoms. The summed E-state index contributed by atoms with van der Waals surface area (Å²) >= 11 is 5.50. The number of methoxy groups -OCH3 is 1. The predicted molar refractivity (Wildman–Crippen MR) is 72.7 cm³/mol. The standard InChI is InChI=1S/C13H13BrOS/c1-15-11-6-4-10(5-7-11)9-12(14)13-3-2-8-16-13/h2-8,12H,9H2,1H3. The van der Waals surface area contributed by atoms with E-state index in [9.17, 15) is 0 Å². The predicted octanol–water partition coefficient (Wildman–Crippen LogP) is 4.44. The first-order chi connectivity index (χ1) is 7.79. The molecule has 0 aliphatic carbocycles. The van der Waals surface area contributed by atoms with Gasteiger partial charge in [-0.05, 0) is 35.6 Å². The lowest BCUT2D eigenvalue weighted by atomic mass is 10.1. The molecule has 0 aliphatic rings. The van der Waals surface area contributed by atoms with Gasteiger partial charge >= 0.3 is 0 Å². The van der Waals surface area contributed by atoms with Crippen molar-refractivity contribution in [3.05, 3.63) is 52.2 Å². The average molecular weight is 297 g/mol. The summed E-state index contributed by atoms with van der Waals surface area (Å²) in [5.41, 5.74) is 1.32. The van der Waals surface area contributed by atoms with Gasteiger partial charge in [0.05, 0.1) is 11.9 Å². The molecule has 0 saturated carbocycles. The first-order valence-electron chi connectivity index (χ1n) is 5.10. The summed E-state index contributed by atoms with van der Waals surface area (Å²) in [5.74, 6) is 0.908. The van der Waals surface area contributed by atoms with E-state index < -0.39 is 0 Å². The maximum Gasteiger partial charge on any atom is 0.118 e. The van der Waals surface area contributed by atoms with Crippen LogP contribution < -0.4 is 4.74 Å². The number of rotatable bonds is 4. The van der Waals surface area contributed by atoms with Crippen molar-refractivity contribution in [1.29, 1.82) is 0 Å². The monoisotopic (exact) mass is 296 g/mol. The van der Waals surface area contributed by atoms with Gasteiger partial charge in [-0.25, -0.2) is 0 Å². The van der Waals surface area contributed by atoms with Crippen molar-refractivity contribution in [2.45, 2.75) is 11.2 Å². The van der Waals surface area contributed by atoms with Crippen LogP contribution in [0.25, 0.3) is 0 Å². The highest BCUT2D eigenvalue weighted by atomic mass is 79.9. The van der Waals surface area contributed by atoms with Gasteiger partial charge in [-0.1, -0.05) is 34.1 Å². The molecule has 0 radical (unpaired) electrons. The molecule has 84 valence electrons. The number of hydrogen-bond donors (Lipinski definition) is 0. The normalized spacial score (nSPS) is 12.4. The Hall–Kier alpha value is -0.800. The molecule has 1 atom stereocenters. The highest BCUT2D eigenvalue weighted by Crippen LogP contribution is 2.30. The van der Waals surface area contributed by atoms with Crippen LogP contribution in [-0.4, -0.2) is 7.11 Å². The number of benzene rings is 1. The van der Waals surface area contributed by atoms with Crippen molar-refractivity contribution in [3.63, 3.8) is 0 Å². The van der Waals surface area contributed by atoms with E-state index >= 15 is 0 Å². The Kier molecular flexibility index (Phi) is 4.02. The Bertz CT molecular complexity index is 422. The topological polar surface area (TPSA) is 9.23 Å². The van der Waals surface area contributed by atoms with Crippen LogP contribution in [0.3, 0.4) is 0 Å². The number of ether oxygens (including phenoxy) is 1.